The Morgan fingerprint density at radius 1 is 1.06 bits per heavy atom. The maximum atomic E-state index is 9.80. The highest BCUT2D eigenvalue weighted by Crippen LogP contribution is 2.19. The van der Waals surface area contributed by atoms with Gasteiger partial charge in [-0.2, -0.15) is 0 Å². The molecule has 0 heterocycles. The topological polar surface area (TPSA) is 20.2 Å². The van der Waals surface area contributed by atoms with Crippen LogP contribution in [-0.2, 0) is 6.42 Å². The summed E-state index contributed by atoms with van der Waals surface area (Å²) in [4.78, 5) is 0. The Labute approximate surface area is 99.5 Å². The van der Waals surface area contributed by atoms with Crippen molar-refractivity contribution in [3.63, 3.8) is 0 Å². The summed E-state index contributed by atoms with van der Waals surface area (Å²) in [7, 11) is 0. The zero-order chi connectivity index (χ0) is 12.1. The minimum Gasteiger partial charge on any atom is -0.393 e. The molecule has 0 fully saturated rings. The molecule has 0 saturated heterocycles. The Morgan fingerprint density at radius 2 is 1.62 bits per heavy atom. The number of aliphatic hydroxyl groups excluding tert-OH is 1. The van der Waals surface area contributed by atoms with Crippen molar-refractivity contribution >= 4 is 0 Å². The van der Waals surface area contributed by atoms with Gasteiger partial charge in [0.15, 0.2) is 0 Å². The summed E-state index contributed by atoms with van der Waals surface area (Å²) in [5.74, 6) is 0.957. The van der Waals surface area contributed by atoms with E-state index in [-0.39, 0.29) is 6.10 Å². The van der Waals surface area contributed by atoms with E-state index in [1.807, 2.05) is 0 Å². The predicted octanol–water partition coefficient (Wildman–Crippen LogP) is 3.76. The summed E-state index contributed by atoms with van der Waals surface area (Å²) >= 11 is 0. The zero-order valence-corrected chi connectivity index (χ0v) is 10.9. The fourth-order valence-electron chi connectivity index (χ4n) is 1.70. The second-order valence-electron chi connectivity index (χ2n) is 5.07. The van der Waals surface area contributed by atoms with Gasteiger partial charge in [-0.1, -0.05) is 52.0 Å². The van der Waals surface area contributed by atoms with E-state index in [9.17, 15) is 5.11 Å². The lowest BCUT2D eigenvalue weighted by Gasteiger charge is -2.15. The van der Waals surface area contributed by atoms with Gasteiger partial charge in [-0.15, -0.1) is 0 Å². The molecule has 2 unspecified atom stereocenters. The third kappa shape index (κ3) is 3.64. The summed E-state index contributed by atoms with van der Waals surface area (Å²) in [6.45, 7) is 8.56. The van der Waals surface area contributed by atoms with Gasteiger partial charge in [0.25, 0.3) is 0 Å². The maximum absolute atomic E-state index is 9.80. The molecule has 0 aliphatic heterocycles. The largest absolute Gasteiger partial charge is 0.393 e. The Kier molecular flexibility index (Phi) is 5.01. The second kappa shape index (κ2) is 6.05. The third-order valence-corrected chi connectivity index (χ3v) is 3.38. The summed E-state index contributed by atoms with van der Waals surface area (Å²) in [6, 6.07) is 8.67. The van der Waals surface area contributed by atoms with Gasteiger partial charge in [0.1, 0.15) is 0 Å². The van der Waals surface area contributed by atoms with Crippen LogP contribution in [0.2, 0.25) is 0 Å². The number of hydrogen-bond donors (Lipinski definition) is 1. The summed E-state index contributed by atoms with van der Waals surface area (Å²) in [6.07, 6.45) is 1.71. The van der Waals surface area contributed by atoms with E-state index >= 15 is 0 Å². The lowest BCUT2D eigenvalue weighted by Crippen LogP contribution is -2.17. The average molecular weight is 220 g/mol. The fraction of sp³-hybridized carbons (Fsp3) is 0.600. The molecule has 0 aromatic heterocycles. The monoisotopic (exact) mass is 220 g/mol. The molecule has 0 radical (unpaired) electrons. The van der Waals surface area contributed by atoms with Crippen LogP contribution in [0.15, 0.2) is 24.3 Å². The molecule has 0 spiro atoms. The fourth-order valence-corrected chi connectivity index (χ4v) is 1.70. The van der Waals surface area contributed by atoms with Crippen molar-refractivity contribution in [1.82, 2.24) is 0 Å². The third-order valence-electron chi connectivity index (χ3n) is 3.38. The highest BCUT2D eigenvalue weighted by molar-refractivity contribution is 5.25. The summed E-state index contributed by atoms with van der Waals surface area (Å²) in [5, 5.41) is 9.80. The van der Waals surface area contributed by atoms with E-state index < -0.39 is 0 Å². The molecule has 1 N–H and O–H groups in total. The van der Waals surface area contributed by atoms with Crippen molar-refractivity contribution in [2.45, 2.75) is 52.6 Å². The lowest BCUT2D eigenvalue weighted by atomic mass is 9.94. The minimum absolute atomic E-state index is 0.227. The Hall–Kier alpha value is -0.820. The maximum Gasteiger partial charge on any atom is 0.0603 e. The molecule has 0 aliphatic carbocycles. The Morgan fingerprint density at radius 3 is 2.06 bits per heavy atom. The Bertz CT molecular complexity index is 300. The minimum atomic E-state index is -0.227. The Balaban J connectivity index is 2.64. The summed E-state index contributed by atoms with van der Waals surface area (Å²) < 4.78 is 0. The average Bonchev–Trinajstić information content (AvgIpc) is 2.28. The highest BCUT2D eigenvalue weighted by Gasteiger charge is 2.10. The van der Waals surface area contributed by atoms with Crippen LogP contribution in [0.3, 0.4) is 0 Å². The van der Waals surface area contributed by atoms with E-state index in [2.05, 4.69) is 52.0 Å². The molecule has 1 aromatic carbocycles. The van der Waals surface area contributed by atoms with E-state index in [0.717, 1.165) is 6.42 Å². The standard InChI is InChI=1S/C15H24O/c1-5-12(4)14-8-6-13(7-9-14)10-15(16)11(2)3/h6-9,11-12,15-16H,5,10H2,1-4H3. The van der Waals surface area contributed by atoms with Gasteiger partial charge in [0.2, 0.25) is 0 Å². The molecule has 0 amide bonds. The first-order valence-corrected chi connectivity index (χ1v) is 6.31. The van der Waals surface area contributed by atoms with Crippen LogP contribution in [0, 0.1) is 5.92 Å². The molecule has 0 aliphatic rings. The van der Waals surface area contributed by atoms with Crippen LogP contribution < -0.4 is 0 Å². The van der Waals surface area contributed by atoms with Crippen LogP contribution >= 0.6 is 0 Å². The molecular weight excluding hydrogens is 196 g/mol. The van der Waals surface area contributed by atoms with E-state index in [4.69, 9.17) is 0 Å². The molecule has 1 rings (SSSR count). The molecule has 2 atom stereocenters. The van der Waals surface area contributed by atoms with Crippen LogP contribution in [0.25, 0.3) is 0 Å². The van der Waals surface area contributed by atoms with Crippen LogP contribution in [0.5, 0.6) is 0 Å². The molecule has 1 heteroatoms. The van der Waals surface area contributed by atoms with Crippen molar-refractivity contribution in [3.05, 3.63) is 35.4 Å². The SMILES string of the molecule is CCC(C)c1ccc(CC(O)C(C)C)cc1. The van der Waals surface area contributed by atoms with E-state index in [0.29, 0.717) is 11.8 Å². The molecule has 16 heavy (non-hydrogen) atoms. The normalized spacial score (nSPS) is 15.1. The van der Waals surface area contributed by atoms with Crippen LogP contribution in [0.4, 0.5) is 0 Å². The highest BCUT2D eigenvalue weighted by atomic mass is 16.3. The number of benzene rings is 1. The smallest absolute Gasteiger partial charge is 0.0603 e. The van der Waals surface area contributed by atoms with Crippen molar-refractivity contribution < 1.29 is 5.11 Å². The summed E-state index contributed by atoms with van der Waals surface area (Å²) in [5.41, 5.74) is 2.62. The zero-order valence-electron chi connectivity index (χ0n) is 10.9. The quantitative estimate of drug-likeness (QED) is 0.801. The van der Waals surface area contributed by atoms with E-state index in [1.165, 1.54) is 17.5 Å². The van der Waals surface area contributed by atoms with Gasteiger partial charge in [0.05, 0.1) is 6.10 Å². The first kappa shape index (κ1) is 13.2. The van der Waals surface area contributed by atoms with Gasteiger partial charge >= 0.3 is 0 Å². The van der Waals surface area contributed by atoms with Gasteiger partial charge in [0, 0.05) is 0 Å². The van der Waals surface area contributed by atoms with Crippen molar-refractivity contribution in [2.75, 3.05) is 0 Å². The van der Waals surface area contributed by atoms with Crippen molar-refractivity contribution in [1.29, 1.82) is 0 Å². The van der Waals surface area contributed by atoms with Crippen molar-refractivity contribution in [3.8, 4) is 0 Å². The molecule has 1 aromatic rings. The molecule has 90 valence electrons. The van der Waals surface area contributed by atoms with E-state index in [1.54, 1.807) is 0 Å². The molecule has 0 bridgehead atoms. The van der Waals surface area contributed by atoms with Gasteiger partial charge in [-0.05, 0) is 35.8 Å². The number of hydrogen-bond acceptors (Lipinski definition) is 1. The van der Waals surface area contributed by atoms with Gasteiger partial charge in [-0.25, -0.2) is 0 Å². The first-order valence-electron chi connectivity index (χ1n) is 6.31. The number of rotatable bonds is 5. The van der Waals surface area contributed by atoms with Crippen molar-refractivity contribution in [2.24, 2.45) is 5.92 Å². The van der Waals surface area contributed by atoms with Gasteiger partial charge < -0.3 is 5.11 Å². The predicted molar refractivity (Wildman–Crippen MR) is 69.7 cm³/mol. The molecular formula is C15H24O. The van der Waals surface area contributed by atoms with Crippen LogP contribution in [-0.4, -0.2) is 11.2 Å². The molecule has 0 saturated carbocycles. The first-order chi connectivity index (χ1) is 7.54. The lowest BCUT2D eigenvalue weighted by molar-refractivity contribution is 0.125. The number of aliphatic hydroxyl groups is 1. The molecule has 1 nitrogen and oxygen atoms in total. The van der Waals surface area contributed by atoms with Crippen LogP contribution in [0.1, 0.15) is 51.2 Å². The second-order valence-corrected chi connectivity index (χ2v) is 5.07. The van der Waals surface area contributed by atoms with Gasteiger partial charge in [-0.3, -0.25) is 0 Å².